The Bertz CT molecular complexity index is 668. The molecule has 1 N–H and O–H groups in total. The number of hydrogen-bond acceptors (Lipinski definition) is 5. The maximum Gasteiger partial charge on any atom is 0.322 e. The summed E-state index contributed by atoms with van der Waals surface area (Å²) in [7, 11) is -3.90. The van der Waals surface area contributed by atoms with Crippen LogP contribution in [0.1, 0.15) is 24.2 Å². The van der Waals surface area contributed by atoms with E-state index >= 15 is 0 Å². The second-order valence-electron chi connectivity index (χ2n) is 4.70. The summed E-state index contributed by atoms with van der Waals surface area (Å²) in [5, 5.41) is 8.72. The molecule has 0 amide bonds. The molecule has 1 fully saturated rings. The van der Waals surface area contributed by atoms with Crippen LogP contribution in [0.4, 0.5) is 0 Å². The third-order valence-corrected chi connectivity index (χ3v) is 6.63. The number of thioether (sulfide) groups is 1. The van der Waals surface area contributed by atoms with E-state index in [4.69, 9.17) is 5.11 Å². The van der Waals surface area contributed by atoms with E-state index in [0.29, 0.717) is 5.56 Å². The van der Waals surface area contributed by atoms with Crippen molar-refractivity contribution in [2.75, 3.05) is 5.75 Å². The van der Waals surface area contributed by atoms with Gasteiger partial charge in [0.2, 0.25) is 10.0 Å². The van der Waals surface area contributed by atoms with Crippen LogP contribution in [0.5, 0.6) is 0 Å². The van der Waals surface area contributed by atoms with Crippen molar-refractivity contribution in [3.8, 4) is 0 Å². The molecular weight excluding hydrogens is 314 g/mol. The standard InChI is InChI=1S/C13H15NO5S2/c1-8(15)10-3-5-11(6-4-10)21(18,19)14-9(2)20-7-12(14)13(16)17/h3-6,9,12H,7H2,1-2H3,(H,16,17). The second-order valence-corrected chi connectivity index (χ2v) is 7.89. The van der Waals surface area contributed by atoms with Crippen LogP contribution in [0.25, 0.3) is 0 Å². The molecule has 114 valence electrons. The number of hydrogen-bond donors (Lipinski definition) is 1. The average molecular weight is 329 g/mol. The first kappa shape index (κ1) is 16.0. The molecule has 2 atom stereocenters. The first-order valence-corrected chi connectivity index (χ1v) is 8.73. The number of nitrogens with zero attached hydrogens (tertiary/aromatic N) is 1. The summed E-state index contributed by atoms with van der Waals surface area (Å²) in [6, 6.07) is 4.46. The van der Waals surface area contributed by atoms with E-state index < -0.39 is 27.4 Å². The molecule has 2 rings (SSSR count). The van der Waals surface area contributed by atoms with Gasteiger partial charge in [-0.3, -0.25) is 9.59 Å². The summed E-state index contributed by atoms with van der Waals surface area (Å²) in [6.45, 7) is 3.05. The zero-order valence-electron chi connectivity index (χ0n) is 11.5. The largest absolute Gasteiger partial charge is 0.480 e. The van der Waals surface area contributed by atoms with Gasteiger partial charge in [-0.1, -0.05) is 12.1 Å². The van der Waals surface area contributed by atoms with Crippen molar-refractivity contribution in [3.63, 3.8) is 0 Å². The Balaban J connectivity index is 2.40. The first-order chi connectivity index (χ1) is 9.75. The summed E-state index contributed by atoms with van der Waals surface area (Å²) in [6.07, 6.45) is 0. The topological polar surface area (TPSA) is 91.8 Å². The molecule has 0 radical (unpaired) electrons. The highest BCUT2D eigenvalue weighted by Crippen LogP contribution is 2.34. The zero-order valence-corrected chi connectivity index (χ0v) is 13.1. The van der Waals surface area contributed by atoms with Gasteiger partial charge in [-0.2, -0.15) is 4.31 Å². The van der Waals surface area contributed by atoms with Gasteiger partial charge in [-0.05, 0) is 26.0 Å². The Hall–Kier alpha value is -1.38. The number of carboxylic acid groups (broad SMARTS) is 1. The van der Waals surface area contributed by atoms with Crippen molar-refractivity contribution < 1.29 is 23.1 Å². The fourth-order valence-corrected chi connectivity index (χ4v) is 5.45. The molecule has 1 saturated heterocycles. The van der Waals surface area contributed by atoms with Crippen LogP contribution in [0.3, 0.4) is 0 Å². The summed E-state index contributed by atoms with van der Waals surface area (Å²) in [4.78, 5) is 22.4. The van der Waals surface area contributed by atoms with Crippen LogP contribution in [-0.2, 0) is 14.8 Å². The molecular formula is C13H15NO5S2. The predicted octanol–water partition coefficient (Wildman–Crippen LogP) is 1.43. The van der Waals surface area contributed by atoms with Crippen molar-refractivity contribution in [2.24, 2.45) is 0 Å². The van der Waals surface area contributed by atoms with Gasteiger partial charge in [-0.15, -0.1) is 11.8 Å². The summed E-state index contributed by atoms with van der Waals surface area (Å²) in [5.74, 6) is -1.09. The van der Waals surface area contributed by atoms with Crippen molar-refractivity contribution >= 4 is 33.5 Å². The molecule has 1 aromatic carbocycles. The van der Waals surface area contributed by atoms with E-state index in [1.165, 1.54) is 43.0 Å². The Morgan fingerprint density at radius 1 is 1.29 bits per heavy atom. The maximum atomic E-state index is 12.6. The van der Waals surface area contributed by atoms with E-state index in [9.17, 15) is 18.0 Å². The Kier molecular flexibility index (Phi) is 4.40. The Morgan fingerprint density at radius 2 is 1.86 bits per heavy atom. The van der Waals surface area contributed by atoms with Gasteiger partial charge in [0.15, 0.2) is 5.78 Å². The molecule has 0 saturated carbocycles. The van der Waals surface area contributed by atoms with Gasteiger partial charge in [0, 0.05) is 11.3 Å². The molecule has 1 aliphatic rings. The van der Waals surface area contributed by atoms with Crippen molar-refractivity contribution in [2.45, 2.75) is 30.2 Å². The van der Waals surface area contributed by atoms with Gasteiger partial charge in [0.1, 0.15) is 6.04 Å². The Labute approximate surface area is 127 Å². The lowest BCUT2D eigenvalue weighted by Crippen LogP contribution is -2.44. The van der Waals surface area contributed by atoms with Crippen LogP contribution < -0.4 is 0 Å². The number of sulfonamides is 1. The lowest BCUT2D eigenvalue weighted by molar-refractivity contribution is -0.140. The average Bonchev–Trinajstić information content (AvgIpc) is 2.81. The zero-order chi connectivity index (χ0) is 15.8. The molecule has 6 nitrogen and oxygen atoms in total. The second kappa shape index (κ2) is 5.78. The van der Waals surface area contributed by atoms with Gasteiger partial charge in [0.05, 0.1) is 10.3 Å². The third-order valence-electron chi connectivity index (χ3n) is 3.28. The number of benzene rings is 1. The highest BCUT2D eigenvalue weighted by Gasteiger charge is 2.44. The smallest absolute Gasteiger partial charge is 0.322 e. The van der Waals surface area contributed by atoms with E-state index in [1.807, 2.05) is 0 Å². The number of aliphatic carboxylic acids is 1. The fourth-order valence-electron chi connectivity index (χ4n) is 2.16. The normalized spacial score (nSPS) is 23.1. The lowest BCUT2D eigenvalue weighted by Gasteiger charge is -2.24. The number of carbonyl (C=O) groups is 2. The molecule has 0 aromatic heterocycles. The number of carboxylic acids is 1. The number of Topliss-reactive ketones (excluding diaryl/α,β-unsaturated/α-hetero) is 1. The van der Waals surface area contributed by atoms with Crippen LogP contribution >= 0.6 is 11.8 Å². The first-order valence-electron chi connectivity index (χ1n) is 6.24. The lowest BCUT2D eigenvalue weighted by atomic mass is 10.2. The van der Waals surface area contributed by atoms with Crippen LogP contribution in [0.2, 0.25) is 0 Å². The minimum absolute atomic E-state index is 0.00639. The summed E-state index contributed by atoms with van der Waals surface area (Å²) < 4.78 is 26.2. The van der Waals surface area contributed by atoms with E-state index in [2.05, 4.69) is 0 Å². The van der Waals surface area contributed by atoms with E-state index in [-0.39, 0.29) is 16.4 Å². The molecule has 2 unspecified atom stereocenters. The SMILES string of the molecule is CC(=O)c1ccc(S(=O)(=O)N2C(C)SCC2C(=O)O)cc1. The molecule has 0 aliphatic carbocycles. The van der Waals surface area contributed by atoms with Crippen LogP contribution in [-0.4, -0.2) is 46.8 Å². The quantitative estimate of drug-likeness (QED) is 0.840. The van der Waals surface area contributed by atoms with Gasteiger partial charge in [0.25, 0.3) is 0 Å². The van der Waals surface area contributed by atoms with E-state index in [0.717, 1.165) is 4.31 Å². The Morgan fingerprint density at radius 3 is 2.33 bits per heavy atom. The molecule has 0 spiro atoms. The van der Waals surface area contributed by atoms with Gasteiger partial charge < -0.3 is 5.11 Å². The number of carbonyl (C=O) groups excluding carboxylic acids is 1. The minimum Gasteiger partial charge on any atom is -0.480 e. The molecule has 21 heavy (non-hydrogen) atoms. The van der Waals surface area contributed by atoms with Crippen LogP contribution in [0.15, 0.2) is 29.2 Å². The molecule has 8 heteroatoms. The highest BCUT2D eigenvalue weighted by molar-refractivity contribution is 8.01. The molecule has 1 heterocycles. The van der Waals surface area contributed by atoms with Crippen molar-refractivity contribution in [1.82, 2.24) is 4.31 Å². The predicted molar refractivity (Wildman–Crippen MR) is 78.8 cm³/mol. The van der Waals surface area contributed by atoms with Crippen molar-refractivity contribution in [3.05, 3.63) is 29.8 Å². The minimum atomic E-state index is -3.90. The third kappa shape index (κ3) is 2.97. The maximum absolute atomic E-state index is 12.6. The highest BCUT2D eigenvalue weighted by atomic mass is 32.2. The monoisotopic (exact) mass is 329 g/mol. The van der Waals surface area contributed by atoms with Gasteiger partial charge in [-0.25, -0.2) is 8.42 Å². The summed E-state index contributed by atoms with van der Waals surface area (Å²) >= 11 is 1.28. The number of rotatable bonds is 4. The fraction of sp³-hybridized carbons (Fsp3) is 0.385. The van der Waals surface area contributed by atoms with E-state index in [1.54, 1.807) is 6.92 Å². The van der Waals surface area contributed by atoms with Gasteiger partial charge >= 0.3 is 5.97 Å². The molecule has 0 bridgehead atoms. The number of ketones is 1. The summed E-state index contributed by atoms with van der Waals surface area (Å²) in [5.41, 5.74) is 0.410. The van der Waals surface area contributed by atoms with Crippen molar-refractivity contribution in [1.29, 1.82) is 0 Å². The molecule has 1 aromatic rings. The molecule has 1 aliphatic heterocycles. The van der Waals surface area contributed by atoms with Crippen LogP contribution in [0, 0.1) is 0 Å².